The fraction of sp³-hybridized carbons (Fsp3) is 0.130. The Kier molecular flexibility index (Phi) is 15.5. The summed E-state index contributed by atoms with van der Waals surface area (Å²) in [5, 5.41) is 8.58. The van der Waals surface area contributed by atoms with Crippen molar-refractivity contribution in [2.24, 2.45) is 19.8 Å². The molecular formula is C46H40F2I2N8O7. The highest BCUT2D eigenvalue weighted by Gasteiger charge is 2.25. The highest BCUT2D eigenvalue weighted by molar-refractivity contribution is 14.1. The summed E-state index contributed by atoms with van der Waals surface area (Å²) >= 11 is 3.98. The van der Waals surface area contributed by atoms with E-state index in [1.54, 1.807) is 68.9 Å². The van der Waals surface area contributed by atoms with Crippen LogP contribution in [-0.2, 0) is 20.6 Å². The number of methoxy groups -OCH3 is 1. The normalized spacial score (nSPS) is 10.6. The average Bonchev–Trinajstić information content (AvgIpc) is 3.27. The first-order valence-electron chi connectivity index (χ1n) is 19.3. The van der Waals surface area contributed by atoms with Crippen LogP contribution in [0.4, 0.5) is 31.8 Å². The second kappa shape index (κ2) is 21.2. The van der Waals surface area contributed by atoms with Crippen LogP contribution in [0.1, 0.15) is 37.4 Å². The number of ether oxygens (including phenoxy) is 3. The molecule has 19 heteroatoms. The van der Waals surface area contributed by atoms with Crippen molar-refractivity contribution in [3.8, 4) is 28.7 Å². The number of nitrogens with two attached hydrogens (primary N) is 1. The fourth-order valence-electron chi connectivity index (χ4n) is 6.06. The molecule has 0 aliphatic carbocycles. The third-order valence-corrected chi connectivity index (χ3v) is 11.0. The highest BCUT2D eigenvalue weighted by atomic mass is 127. The number of hydrogen-bond acceptors (Lipinski definition) is 11. The number of anilines is 4. The van der Waals surface area contributed by atoms with Crippen molar-refractivity contribution in [1.29, 1.82) is 0 Å². The minimum Gasteiger partial charge on any atom is -0.497 e. The van der Waals surface area contributed by atoms with Gasteiger partial charge in [-0.25, -0.2) is 8.78 Å². The topological polar surface area (TPSA) is 194 Å². The summed E-state index contributed by atoms with van der Waals surface area (Å²) in [7, 11) is 4.52. The number of primary amides is 1. The van der Waals surface area contributed by atoms with Gasteiger partial charge in [0.15, 0.2) is 0 Å². The van der Waals surface area contributed by atoms with E-state index in [9.17, 15) is 28.0 Å². The first kappa shape index (κ1) is 47.6. The number of aromatic nitrogens is 4. The minimum absolute atomic E-state index is 0.0138. The molecule has 0 unspecified atom stereocenters. The van der Waals surface area contributed by atoms with Crippen molar-refractivity contribution in [2.75, 3.05) is 17.7 Å². The zero-order valence-electron chi connectivity index (χ0n) is 35.3. The van der Waals surface area contributed by atoms with E-state index in [2.05, 4.69) is 25.9 Å². The van der Waals surface area contributed by atoms with Crippen LogP contribution < -0.4 is 47.0 Å². The number of carbonyl (C=O) groups is 2. The zero-order chi connectivity index (χ0) is 46.9. The monoisotopic (exact) mass is 1110 g/mol. The summed E-state index contributed by atoms with van der Waals surface area (Å²) in [5.41, 5.74) is 7.15. The molecule has 5 N–H and O–H groups in total. The number of amides is 2. The van der Waals surface area contributed by atoms with Gasteiger partial charge >= 0.3 is 0 Å². The Hall–Kier alpha value is -6.88. The predicted octanol–water partition coefficient (Wildman–Crippen LogP) is 8.77. The lowest BCUT2D eigenvalue weighted by atomic mass is 10.1. The van der Waals surface area contributed by atoms with Gasteiger partial charge < -0.3 is 35.9 Å². The number of carbonyl (C=O) groups excluding carboxylic acids is 2. The summed E-state index contributed by atoms with van der Waals surface area (Å²) in [6, 6.07) is 22.2. The van der Waals surface area contributed by atoms with Crippen molar-refractivity contribution < 1.29 is 32.6 Å². The van der Waals surface area contributed by atoms with E-state index in [0.29, 0.717) is 24.4 Å². The number of hydrogen-bond donors (Lipinski definition) is 4. The molecule has 0 saturated carbocycles. The maximum atomic E-state index is 14.7. The van der Waals surface area contributed by atoms with Crippen LogP contribution in [0.15, 0.2) is 119 Å². The Labute approximate surface area is 398 Å². The Morgan fingerprint density at radius 1 is 0.677 bits per heavy atom. The maximum Gasteiger partial charge on any atom is 0.259 e. The molecule has 65 heavy (non-hydrogen) atoms. The van der Waals surface area contributed by atoms with Gasteiger partial charge in [-0.2, -0.15) is 0 Å². The fourth-order valence-corrected chi connectivity index (χ4v) is 6.97. The van der Waals surface area contributed by atoms with E-state index in [0.717, 1.165) is 22.8 Å². The molecule has 0 aliphatic rings. The largest absolute Gasteiger partial charge is 0.497 e. The summed E-state index contributed by atoms with van der Waals surface area (Å²) < 4.78 is 49.8. The average molecular weight is 1110 g/mol. The SMILES string of the molecule is COc1ccc(CNC(=O)c2c(Oc3cnccc3C)cc(=O)n(C)c2Nc2ccc(I)cc2F)cc1.Cc1ccncc1Oc1cc(=O)n(C)c(Nc2ccc(I)cc2F)c1C(N)=O. The number of nitrogens with one attached hydrogen (secondary N) is 3. The molecule has 0 fully saturated rings. The first-order chi connectivity index (χ1) is 31.0. The van der Waals surface area contributed by atoms with E-state index in [1.165, 1.54) is 59.9 Å². The van der Waals surface area contributed by atoms with Crippen LogP contribution in [0.2, 0.25) is 0 Å². The van der Waals surface area contributed by atoms with Crippen molar-refractivity contribution in [3.05, 3.63) is 177 Å². The third-order valence-electron chi connectivity index (χ3n) is 9.68. The van der Waals surface area contributed by atoms with Gasteiger partial charge in [-0.3, -0.25) is 38.3 Å². The van der Waals surface area contributed by atoms with Gasteiger partial charge in [0.2, 0.25) is 0 Å². The Balaban J connectivity index is 0.000000224. The lowest BCUT2D eigenvalue weighted by molar-refractivity contribution is 0.0947. The number of halogens is 4. The van der Waals surface area contributed by atoms with Crippen molar-refractivity contribution in [2.45, 2.75) is 20.4 Å². The zero-order valence-corrected chi connectivity index (χ0v) is 39.7. The lowest BCUT2D eigenvalue weighted by Gasteiger charge is -2.20. The molecule has 0 bridgehead atoms. The van der Waals surface area contributed by atoms with E-state index in [-0.39, 0.29) is 52.2 Å². The van der Waals surface area contributed by atoms with Gasteiger partial charge in [-0.1, -0.05) is 12.1 Å². The first-order valence-corrected chi connectivity index (χ1v) is 21.5. The molecule has 334 valence electrons. The summed E-state index contributed by atoms with van der Waals surface area (Å²) in [6.45, 7) is 3.82. The Bertz CT molecular complexity index is 3040. The van der Waals surface area contributed by atoms with Crippen molar-refractivity contribution in [1.82, 2.24) is 24.4 Å². The third kappa shape index (κ3) is 11.6. The van der Waals surface area contributed by atoms with Crippen LogP contribution in [0.25, 0.3) is 0 Å². The summed E-state index contributed by atoms with van der Waals surface area (Å²) in [4.78, 5) is 59.1. The van der Waals surface area contributed by atoms with Crippen LogP contribution in [0.3, 0.4) is 0 Å². The van der Waals surface area contributed by atoms with Crippen LogP contribution >= 0.6 is 45.2 Å². The number of nitrogens with zero attached hydrogens (tertiary/aromatic N) is 4. The molecule has 7 aromatic rings. The maximum absolute atomic E-state index is 14.7. The number of pyridine rings is 4. The second-order valence-electron chi connectivity index (χ2n) is 14.1. The number of benzene rings is 3. The molecule has 4 aromatic heterocycles. The van der Waals surface area contributed by atoms with Gasteiger partial charge in [0, 0.05) is 52.3 Å². The van der Waals surface area contributed by atoms with E-state index in [4.69, 9.17) is 19.9 Å². The molecule has 4 heterocycles. The standard InChI is InChI=1S/C27H24FIN4O4.C19H16FIN4O3/c1-16-10-11-30-15-23(16)37-22-13-24(34)33(2)26(32-21-9-6-18(29)12-20(21)28)25(22)27(35)31-14-17-4-7-19(36-3)8-5-17;1-10-5-6-23-9-15(10)28-14-8-16(26)25(2)19(17(14)18(22)27)24-13-4-3-11(21)7-12(13)20/h4-13,15,32H,14H2,1-3H3,(H,31,35);3-9,24H,1-2H3,(H2,22,27). The predicted molar refractivity (Wildman–Crippen MR) is 259 cm³/mol. The molecule has 15 nitrogen and oxygen atoms in total. The van der Waals surface area contributed by atoms with Crippen LogP contribution in [0, 0.1) is 32.6 Å². The molecule has 0 atom stereocenters. The quantitative estimate of drug-likeness (QED) is 0.0807. The van der Waals surface area contributed by atoms with Crippen molar-refractivity contribution >= 4 is 80.0 Å². The highest BCUT2D eigenvalue weighted by Crippen LogP contribution is 2.34. The van der Waals surface area contributed by atoms with Crippen molar-refractivity contribution in [3.63, 3.8) is 0 Å². The number of rotatable bonds is 13. The molecule has 0 radical (unpaired) electrons. The van der Waals surface area contributed by atoms with E-state index < -0.39 is 34.6 Å². The molecule has 0 aliphatic heterocycles. The molecule has 2 amide bonds. The molecule has 3 aromatic carbocycles. The molecule has 7 rings (SSSR count). The van der Waals surface area contributed by atoms with Gasteiger partial charge in [-0.05, 0) is 136 Å². The Morgan fingerprint density at radius 2 is 1.14 bits per heavy atom. The molecular weight excluding hydrogens is 1070 g/mol. The van der Waals surface area contributed by atoms with E-state index >= 15 is 0 Å². The molecule has 0 saturated heterocycles. The molecule has 0 spiro atoms. The minimum atomic E-state index is -0.833. The summed E-state index contributed by atoms with van der Waals surface area (Å²) in [6.07, 6.45) is 6.16. The smallest absolute Gasteiger partial charge is 0.259 e. The lowest BCUT2D eigenvalue weighted by Crippen LogP contribution is -2.29. The van der Waals surface area contributed by atoms with Gasteiger partial charge in [0.1, 0.15) is 63.1 Å². The number of aryl methyl sites for hydroxylation is 2. The second-order valence-corrected chi connectivity index (χ2v) is 16.6. The van der Waals surface area contributed by atoms with E-state index in [1.807, 2.05) is 64.2 Å². The van der Waals surface area contributed by atoms with Gasteiger partial charge in [0.05, 0.1) is 30.9 Å². The Morgan fingerprint density at radius 3 is 1.57 bits per heavy atom. The van der Waals surface area contributed by atoms with Crippen LogP contribution in [0.5, 0.6) is 28.7 Å². The van der Waals surface area contributed by atoms with Gasteiger partial charge in [0.25, 0.3) is 22.9 Å². The summed E-state index contributed by atoms with van der Waals surface area (Å²) in [5.74, 6) is -0.898. The van der Waals surface area contributed by atoms with Crippen LogP contribution in [-0.4, -0.2) is 38.0 Å². The van der Waals surface area contributed by atoms with Gasteiger partial charge in [-0.15, -0.1) is 0 Å².